The second-order valence-corrected chi connectivity index (χ2v) is 9.24. The molecule has 5 rings (SSSR count). The SMILES string of the molecule is Cc1nncn1-c1cnn([C@H](CCOC(F)F)c2ccc(-c3c(-n4cc(C(F)(F)F)nn4)ccc(Cl)c3F)c[n+]2[O-])c1. The van der Waals surface area contributed by atoms with Crippen LogP contribution < -0.4 is 4.73 Å². The third-order valence-electron chi connectivity index (χ3n) is 6.22. The number of benzene rings is 1. The quantitative estimate of drug-likeness (QED) is 0.135. The van der Waals surface area contributed by atoms with Crippen LogP contribution in [0.2, 0.25) is 5.02 Å². The van der Waals surface area contributed by atoms with Crippen molar-refractivity contribution < 1.29 is 35.8 Å². The number of alkyl halides is 5. The third kappa shape index (κ3) is 5.78. The van der Waals surface area contributed by atoms with Crippen molar-refractivity contribution in [1.82, 2.24) is 39.5 Å². The van der Waals surface area contributed by atoms with Gasteiger partial charge in [0.15, 0.2) is 17.7 Å². The fourth-order valence-corrected chi connectivity index (χ4v) is 4.43. The van der Waals surface area contributed by atoms with Crippen LogP contribution in [-0.4, -0.2) is 52.8 Å². The summed E-state index contributed by atoms with van der Waals surface area (Å²) >= 11 is 5.96. The third-order valence-corrected chi connectivity index (χ3v) is 6.51. The summed E-state index contributed by atoms with van der Waals surface area (Å²) in [5.41, 5.74) is -1.31. The predicted molar refractivity (Wildman–Crippen MR) is 132 cm³/mol. The Hall–Kier alpha value is -4.51. The van der Waals surface area contributed by atoms with Gasteiger partial charge in [-0.2, -0.15) is 31.8 Å². The number of pyridine rings is 1. The zero-order valence-corrected chi connectivity index (χ0v) is 22.0. The van der Waals surface area contributed by atoms with Gasteiger partial charge in [0.05, 0.1) is 52.7 Å². The van der Waals surface area contributed by atoms with Crippen LogP contribution in [0, 0.1) is 17.9 Å². The molecule has 42 heavy (non-hydrogen) atoms. The molecule has 4 heterocycles. The van der Waals surface area contributed by atoms with Crippen molar-refractivity contribution in [3.05, 3.63) is 88.6 Å². The van der Waals surface area contributed by atoms with E-state index in [4.69, 9.17) is 11.6 Å². The molecular weight excluding hydrogens is 596 g/mol. The number of aromatic nitrogens is 9. The minimum Gasteiger partial charge on any atom is -0.618 e. The minimum atomic E-state index is -4.80. The molecule has 0 saturated heterocycles. The number of hydrogen-bond acceptors (Lipinski definition) is 7. The number of rotatable bonds is 9. The molecule has 220 valence electrons. The Morgan fingerprint density at radius 3 is 2.55 bits per heavy atom. The second kappa shape index (κ2) is 11.4. The minimum absolute atomic E-state index is 0.0239. The highest BCUT2D eigenvalue weighted by atomic mass is 35.5. The van der Waals surface area contributed by atoms with Gasteiger partial charge in [-0.1, -0.05) is 16.8 Å². The maximum atomic E-state index is 15.3. The van der Waals surface area contributed by atoms with Gasteiger partial charge in [-0.25, -0.2) is 9.07 Å². The Morgan fingerprint density at radius 2 is 1.90 bits per heavy atom. The van der Waals surface area contributed by atoms with Gasteiger partial charge in [-0.05, 0) is 25.1 Å². The fraction of sp³-hybridized carbons (Fsp3) is 0.250. The molecule has 0 amide bonds. The first kappa shape index (κ1) is 29.0. The molecule has 0 aliphatic carbocycles. The number of halogens is 7. The monoisotopic (exact) mass is 613 g/mol. The Morgan fingerprint density at radius 1 is 1.12 bits per heavy atom. The zero-order chi connectivity index (χ0) is 30.2. The van der Waals surface area contributed by atoms with Crippen molar-refractivity contribution in [1.29, 1.82) is 0 Å². The molecule has 11 nitrogen and oxygen atoms in total. The van der Waals surface area contributed by atoms with Crippen molar-refractivity contribution in [3.8, 4) is 22.5 Å². The van der Waals surface area contributed by atoms with E-state index in [1.54, 1.807) is 17.7 Å². The summed E-state index contributed by atoms with van der Waals surface area (Å²) < 4.78 is 88.5. The van der Waals surface area contributed by atoms with Gasteiger partial charge in [0.1, 0.15) is 18.2 Å². The lowest BCUT2D eigenvalue weighted by Gasteiger charge is -2.18. The molecule has 0 saturated carbocycles. The molecule has 0 spiro atoms. The van der Waals surface area contributed by atoms with Crippen LogP contribution in [0.1, 0.15) is 29.7 Å². The predicted octanol–water partition coefficient (Wildman–Crippen LogP) is 4.68. The largest absolute Gasteiger partial charge is 0.618 e. The maximum absolute atomic E-state index is 15.3. The first-order chi connectivity index (χ1) is 19.9. The van der Waals surface area contributed by atoms with Crippen LogP contribution in [0.3, 0.4) is 0 Å². The smallest absolute Gasteiger partial charge is 0.436 e. The fourth-order valence-electron chi connectivity index (χ4n) is 4.27. The summed E-state index contributed by atoms with van der Waals surface area (Å²) in [5, 5.41) is 31.5. The van der Waals surface area contributed by atoms with Crippen molar-refractivity contribution in [2.24, 2.45) is 0 Å². The highest BCUT2D eigenvalue weighted by Gasteiger charge is 2.35. The molecule has 0 aliphatic rings. The lowest BCUT2D eigenvalue weighted by molar-refractivity contribution is -0.615. The van der Waals surface area contributed by atoms with Gasteiger partial charge >= 0.3 is 12.8 Å². The molecule has 1 aromatic carbocycles. The molecule has 0 bridgehead atoms. The molecule has 0 unspecified atom stereocenters. The normalized spacial score (nSPS) is 12.8. The average molecular weight is 614 g/mol. The van der Waals surface area contributed by atoms with Gasteiger partial charge in [0, 0.05) is 12.5 Å². The highest BCUT2D eigenvalue weighted by Crippen LogP contribution is 2.35. The van der Waals surface area contributed by atoms with E-state index in [-0.39, 0.29) is 34.0 Å². The van der Waals surface area contributed by atoms with Gasteiger partial charge in [0.2, 0.25) is 5.69 Å². The summed E-state index contributed by atoms with van der Waals surface area (Å²) in [7, 11) is 0. The number of ether oxygens (including phenoxy) is 1. The summed E-state index contributed by atoms with van der Waals surface area (Å²) in [5.74, 6) is -0.474. The van der Waals surface area contributed by atoms with Crippen LogP contribution in [-0.2, 0) is 10.9 Å². The molecular formula is C24H18ClF6N9O2. The van der Waals surface area contributed by atoms with Crippen molar-refractivity contribution in [3.63, 3.8) is 0 Å². The zero-order valence-electron chi connectivity index (χ0n) is 21.3. The van der Waals surface area contributed by atoms with E-state index in [2.05, 4.69) is 30.3 Å². The van der Waals surface area contributed by atoms with E-state index >= 15 is 4.39 Å². The number of nitrogens with zero attached hydrogens (tertiary/aromatic N) is 9. The summed E-state index contributed by atoms with van der Waals surface area (Å²) in [6.07, 6.45) is 1.09. The molecule has 0 N–H and O–H groups in total. The van der Waals surface area contributed by atoms with Crippen molar-refractivity contribution >= 4 is 11.6 Å². The van der Waals surface area contributed by atoms with Crippen LogP contribution in [0.4, 0.5) is 26.3 Å². The number of aryl methyl sites for hydroxylation is 1. The maximum Gasteiger partial charge on any atom is 0.436 e. The van der Waals surface area contributed by atoms with Crippen molar-refractivity contribution in [2.75, 3.05) is 6.61 Å². The van der Waals surface area contributed by atoms with Crippen molar-refractivity contribution in [2.45, 2.75) is 32.2 Å². The summed E-state index contributed by atoms with van der Waals surface area (Å²) in [4.78, 5) is 0. The van der Waals surface area contributed by atoms with Gasteiger partial charge in [0.25, 0.3) is 0 Å². The highest BCUT2D eigenvalue weighted by molar-refractivity contribution is 6.31. The summed E-state index contributed by atoms with van der Waals surface area (Å²) in [6, 6.07) is 4.07. The lowest BCUT2D eigenvalue weighted by Crippen LogP contribution is -2.36. The van der Waals surface area contributed by atoms with Crippen LogP contribution >= 0.6 is 11.6 Å². The molecule has 0 aliphatic heterocycles. The van der Waals surface area contributed by atoms with E-state index in [9.17, 15) is 27.2 Å². The van der Waals surface area contributed by atoms with Gasteiger partial charge in [-0.3, -0.25) is 9.25 Å². The lowest BCUT2D eigenvalue weighted by atomic mass is 10.0. The first-order valence-corrected chi connectivity index (χ1v) is 12.3. The molecule has 4 aromatic heterocycles. The Labute approximate surface area is 237 Å². The van der Waals surface area contributed by atoms with E-state index in [0.29, 0.717) is 27.1 Å². The Balaban J connectivity index is 1.55. The van der Waals surface area contributed by atoms with Crippen LogP contribution in [0.15, 0.2) is 55.4 Å². The Bertz CT molecular complexity index is 1720. The molecule has 18 heteroatoms. The average Bonchev–Trinajstić information content (AvgIpc) is 3.69. The second-order valence-electron chi connectivity index (χ2n) is 8.83. The number of hydrogen-bond donors (Lipinski definition) is 0. The van der Waals surface area contributed by atoms with E-state index < -0.39 is 36.9 Å². The first-order valence-electron chi connectivity index (χ1n) is 12.0. The van der Waals surface area contributed by atoms with Gasteiger partial charge in [-0.15, -0.1) is 15.3 Å². The molecule has 0 radical (unpaired) electrons. The Kier molecular flexibility index (Phi) is 7.87. The van der Waals surface area contributed by atoms with E-state index in [1.165, 1.54) is 35.4 Å². The van der Waals surface area contributed by atoms with E-state index in [1.807, 2.05) is 0 Å². The molecule has 5 aromatic rings. The van der Waals surface area contributed by atoms with Gasteiger partial charge < -0.3 is 9.94 Å². The molecule has 1 atom stereocenters. The standard InChI is InChI=1S/C24H18ClF6N9O2/c1-13-34-32-12-37(13)15-8-33-38(10-15)17(6-7-42-23(27)28)18-4-2-14(9-40(18)41)21-19(5-3-16(25)22(21)26)39-11-20(35-36-39)24(29,30)31/h2-5,8-12,17,23H,6-7H2,1H3/t17-/m1/s1. The van der Waals surface area contributed by atoms with Crippen LogP contribution in [0.5, 0.6) is 0 Å². The molecule has 0 fully saturated rings. The topological polar surface area (TPSA) is 115 Å². The van der Waals surface area contributed by atoms with Crippen LogP contribution in [0.25, 0.3) is 22.5 Å². The summed E-state index contributed by atoms with van der Waals surface area (Å²) in [6.45, 7) is -1.78. The van der Waals surface area contributed by atoms with E-state index in [0.717, 1.165) is 12.3 Å².